The van der Waals surface area contributed by atoms with Crippen molar-refractivity contribution in [1.29, 1.82) is 0 Å². The van der Waals surface area contributed by atoms with Gasteiger partial charge in [-0.25, -0.2) is 0 Å². The van der Waals surface area contributed by atoms with Crippen LogP contribution in [-0.2, 0) is 0 Å². The molecular weight excluding hydrogens is 178 g/mol. The minimum atomic E-state index is 1.11. The maximum Gasteiger partial charge on any atom is 0.0407 e. The molecule has 0 radical (unpaired) electrons. The van der Waals surface area contributed by atoms with Gasteiger partial charge in [0.05, 0.1) is 0 Å². The molecule has 0 fully saturated rings. The van der Waals surface area contributed by atoms with E-state index in [0.29, 0.717) is 0 Å². The molecular formula is C11H11NS. The molecule has 0 aromatic carbocycles. The van der Waals surface area contributed by atoms with Crippen LogP contribution in [0.2, 0.25) is 0 Å². The van der Waals surface area contributed by atoms with Crippen molar-refractivity contribution in [2.24, 2.45) is 0 Å². The normalized spacial score (nSPS) is 10.3. The number of hydrogen-bond donors (Lipinski definition) is 0. The molecule has 0 unspecified atom stereocenters. The third kappa shape index (κ3) is 1.49. The summed E-state index contributed by atoms with van der Waals surface area (Å²) in [5, 5.41) is 4.27. The van der Waals surface area contributed by atoms with Crippen molar-refractivity contribution >= 4 is 11.3 Å². The second-order valence-electron chi connectivity index (χ2n) is 3.08. The summed E-state index contributed by atoms with van der Waals surface area (Å²) >= 11 is 1.73. The number of rotatable bonds is 1. The van der Waals surface area contributed by atoms with Crippen LogP contribution in [0.5, 0.6) is 0 Å². The van der Waals surface area contributed by atoms with Gasteiger partial charge in [-0.15, -0.1) is 0 Å². The Morgan fingerprint density at radius 3 is 2.77 bits per heavy atom. The first-order valence-electron chi connectivity index (χ1n) is 4.24. The Morgan fingerprint density at radius 1 is 1.23 bits per heavy atom. The van der Waals surface area contributed by atoms with Crippen LogP contribution < -0.4 is 0 Å². The average Bonchev–Trinajstić information content (AvgIpc) is 2.62. The zero-order valence-corrected chi connectivity index (χ0v) is 8.56. The van der Waals surface area contributed by atoms with Crippen molar-refractivity contribution in [2.75, 3.05) is 0 Å². The Kier molecular flexibility index (Phi) is 2.15. The van der Waals surface area contributed by atoms with Crippen LogP contribution in [0.1, 0.15) is 11.3 Å². The molecule has 0 amide bonds. The Labute approximate surface area is 82.1 Å². The zero-order chi connectivity index (χ0) is 9.26. The van der Waals surface area contributed by atoms with Crippen molar-refractivity contribution in [3.05, 3.63) is 40.3 Å². The van der Waals surface area contributed by atoms with Crippen molar-refractivity contribution in [3.63, 3.8) is 0 Å². The Morgan fingerprint density at radius 2 is 2.08 bits per heavy atom. The smallest absolute Gasteiger partial charge is 0.0407 e. The molecule has 66 valence electrons. The topological polar surface area (TPSA) is 12.9 Å². The monoisotopic (exact) mass is 189 g/mol. The van der Waals surface area contributed by atoms with Gasteiger partial charge in [0.15, 0.2) is 0 Å². The first-order chi connectivity index (χ1) is 6.29. The second-order valence-corrected chi connectivity index (χ2v) is 3.86. The highest BCUT2D eigenvalue weighted by molar-refractivity contribution is 7.08. The number of aromatic nitrogens is 1. The van der Waals surface area contributed by atoms with E-state index in [4.69, 9.17) is 0 Å². The van der Waals surface area contributed by atoms with Crippen LogP contribution in [0.15, 0.2) is 29.1 Å². The highest BCUT2D eigenvalue weighted by Crippen LogP contribution is 2.25. The Bertz CT molecular complexity index is 404. The van der Waals surface area contributed by atoms with Gasteiger partial charge in [-0.1, -0.05) is 0 Å². The SMILES string of the molecule is Cc1nccc(-c2ccsc2)c1C. The summed E-state index contributed by atoms with van der Waals surface area (Å²) in [5.41, 5.74) is 4.99. The lowest BCUT2D eigenvalue weighted by atomic mass is 10.0. The molecule has 2 aromatic heterocycles. The molecule has 2 aromatic rings. The highest BCUT2D eigenvalue weighted by Gasteiger charge is 2.03. The standard InChI is InChI=1S/C11H11NS/c1-8-9(2)12-5-3-11(8)10-4-6-13-7-10/h3-7H,1-2H3. The predicted octanol–water partition coefficient (Wildman–Crippen LogP) is 3.43. The number of pyridine rings is 1. The molecule has 13 heavy (non-hydrogen) atoms. The predicted molar refractivity (Wildman–Crippen MR) is 57.0 cm³/mol. The van der Waals surface area contributed by atoms with Gasteiger partial charge in [0.1, 0.15) is 0 Å². The second kappa shape index (κ2) is 3.30. The fraction of sp³-hybridized carbons (Fsp3) is 0.182. The van der Waals surface area contributed by atoms with Crippen LogP contribution in [0.3, 0.4) is 0 Å². The molecule has 0 bridgehead atoms. The van der Waals surface area contributed by atoms with Crippen molar-refractivity contribution in [2.45, 2.75) is 13.8 Å². The Balaban J connectivity index is 2.59. The van der Waals surface area contributed by atoms with Gasteiger partial charge in [0, 0.05) is 11.9 Å². The summed E-state index contributed by atoms with van der Waals surface area (Å²) < 4.78 is 0. The number of aryl methyl sites for hydroxylation is 1. The van der Waals surface area contributed by atoms with Crippen LogP contribution in [-0.4, -0.2) is 4.98 Å². The van der Waals surface area contributed by atoms with Gasteiger partial charge >= 0.3 is 0 Å². The summed E-state index contributed by atoms with van der Waals surface area (Å²) in [6.07, 6.45) is 1.87. The molecule has 0 spiro atoms. The zero-order valence-electron chi connectivity index (χ0n) is 7.74. The number of nitrogens with zero attached hydrogens (tertiary/aromatic N) is 1. The molecule has 0 saturated heterocycles. The maximum atomic E-state index is 4.25. The summed E-state index contributed by atoms with van der Waals surface area (Å²) in [4.78, 5) is 4.25. The van der Waals surface area contributed by atoms with E-state index in [1.54, 1.807) is 11.3 Å². The highest BCUT2D eigenvalue weighted by atomic mass is 32.1. The summed E-state index contributed by atoms with van der Waals surface area (Å²) in [6.45, 7) is 4.17. The minimum Gasteiger partial charge on any atom is -0.261 e. The van der Waals surface area contributed by atoms with Gasteiger partial charge in [0.25, 0.3) is 0 Å². The first-order valence-corrected chi connectivity index (χ1v) is 5.18. The maximum absolute atomic E-state index is 4.25. The Hall–Kier alpha value is -1.15. The van der Waals surface area contributed by atoms with E-state index in [-0.39, 0.29) is 0 Å². The lowest BCUT2D eigenvalue weighted by Gasteiger charge is -2.04. The van der Waals surface area contributed by atoms with Crippen LogP contribution in [0.25, 0.3) is 11.1 Å². The fourth-order valence-electron chi connectivity index (χ4n) is 1.37. The van der Waals surface area contributed by atoms with E-state index in [2.05, 4.69) is 34.8 Å². The van der Waals surface area contributed by atoms with E-state index in [9.17, 15) is 0 Å². The molecule has 0 aliphatic carbocycles. The molecule has 0 aliphatic heterocycles. The third-order valence-electron chi connectivity index (χ3n) is 2.29. The molecule has 0 saturated carbocycles. The van der Waals surface area contributed by atoms with Crippen molar-refractivity contribution < 1.29 is 0 Å². The van der Waals surface area contributed by atoms with Gasteiger partial charge in [-0.2, -0.15) is 11.3 Å². The average molecular weight is 189 g/mol. The van der Waals surface area contributed by atoms with Crippen molar-refractivity contribution in [1.82, 2.24) is 4.98 Å². The van der Waals surface area contributed by atoms with E-state index in [1.165, 1.54) is 16.7 Å². The van der Waals surface area contributed by atoms with Gasteiger partial charge in [-0.05, 0) is 53.4 Å². The lowest BCUT2D eigenvalue weighted by molar-refractivity contribution is 1.15. The molecule has 0 atom stereocenters. The van der Waals surface area contributed by atoms with E-state index < -0.39 is 0 Å². The molecule has 2 rings (SSSR count). The summed E-state index contributed by atoms with van der Waals surface area (Å²) in [6, 6.07) is 4.22. The van der Waals surface area contributed by atoms with Crippen LogP contribution in [0.4, 0.5) is 0 Å². The van der Waals surface area contributed by atoms with Crippen LogP contribution in [0, 0.1) is 13.8 Å². The molecule has 0 aliphatic rings. The van der Waals surface area contributed by atoms with E-state index in [1.807, 2.05) is 13.1 Å². The number of thiophene rings is 1. The quantitative estimate of drug-likeness (QED) is 0.669. The summed E-state index contributed by atoms with van der Waals surface area (Å²) in [5.74, 6) is 0. The lowest BCUT2D eigenvalue weighted by Crippen LogP contribution is -1.88. The molecule has 0 N–H and O–H groups in total. The number of hydrogen-bond acceptors (Lipinski definition) is 2. The van der Waals surface area contributed by atoms with Crippen molar-refractivity contribution in [3.8, 4) is 11.1 Å². The van der Waals surface area contributed by atoms with Gasteiger partial charge in [-0.3, -0.25) is 4.98 Å². The largest absolute Gasteiger partial charge is 0.261 e. The van der Waals surface area contributed by atoms with E-state index >= 15 is 0 Å². The van der Waals surface area contributed by atoms with E-state index in [0.717, 1.165) is 5.69 Å². The first kappa shape index (κ1) is 8.45. The van der Waals surface area contributed by atoms with Gasteiger partial charge in [0.2, 0.25) is 0 Å². The molecule has 2 heteroatoms. The molecule has 1 nitrogen and oxygen atoms in total. The minimum absolute atomic E-state index is 1.11. The van der Waals surface area contributed by atoms with Gasteiger partial charge < -0.3 is 0 Å². The fourth-order valence-corrected chi connectivity index (χ4v) is 2.03. The van der Waals surface area contributed by atoms with Crippen LogP contribution >= 0.6 is 11.3 Å². The summed E-state index contributed by atoms with van der Waals surface area (Å²) in [7, 11) is 0. The molecule has 2 heterocycles. The third-order valence-corrected chi connectivity index (χ3v) is 2.97.